The van der Waals surface area contributed by atoms with Gasteiger partial charge in [-0.25, -0.2) is 0 Å². The SMILES string of the molecule is Cc1ccccc1NC(=O)c1ccc([N+](=O)[O-])cc1C(=O)[O-]. The largest absolute Gasteiger partial charge is 0.545 e. The normalized spacial score (nSPS) is 10.0. The number of carbonyl (C=O) groups is 2. The number of nitrogens with one attached hydrogen (secondary N) is 1. The number of carboxylic acid groups (broad SMARTS) is 1. The molecule has 0 atom stereocenters. The predicted molar refractivity (Wildman–Crippen MR) is 76.6 cm³/mol. The van der Waals surface area contributed by atoms with Crippen LogP contribution in [-0.4, -0.2) is 16.8 Å². The first-order chi connectivity index (χ1) is 10.4. The Morgan fingerprint density at radius 2 is 1.77 bits per heavy atom. The molecule has 112 valence electrons. The van der Waals surface area contributed by atoms with Crippen LogP contribution >= 0.6 is 0 Å². The molecule has 0 saturated heterocycles. The molecule has 0 radical (unpaired) electrons. The van der Waals surface area contributed by atoms with E-state index in [4.69, 9.17) is 0 Å². The first-order valence-electron chi connectivity index (χ1n) is 6.27. The van der Waals surface area contributed by atoms with Crippen molar-refractivity contribution >= 4 is 23.3 Å². The fraction of sp³-hybridized carbons (Fsp3) is 0.0667. The van der Waals surface area contributed by atoms with Gasteiger partial charge in [-0.15, -0.1) is 0 Å². The Morgan fingerprint density at radius 3 is 2.36 bits per heavy atom. The van der Waals surface area contributed by atoms with Gasteiger partial charge in [0.05, 0.1) is 10.9 Å². The van der Waals surface area contributed by atoms with Crippen LogP contribution < -0.4 is 10.4 Å². The maximum atomic E-state index is 12.2. The lowest BCUT2D eigenvalue weighted by atomic mass is 10.1. The van der Waals surface area contributed by atoms with Crippen molar-refractivity contribution in [2.24, 2.45) is 0 Å². The Bertz CT molecular complexity index is 770. The number of amides is 1. The Hall–Kier alpha value is -3.22. The lowest BCUT2D eigenvalue weighted by molar-refractivity contribution is -0.385. The molecule has 2 aromatic rings. The van der Waals surface area contributed by atoms with Crippen LogP contribution in [0, 0.1) is 17.0 Å². The number of aryl methyl sites for hydroxylation is 1. The molecule has 0 fully saturated rings. The van der Waals surface area contributed by atoms with E-state index in [1.165, 1.54) is 0 Å². The van der Waals surface area contributed by atoms with E-state index in [9.17, 15) is 24.8 Å². The molecular weight excluding hydrogens is 288 g/mol. The second kappa shape index (κ2) is 6.04. The van der Waals surface area contributed by atoms with E-state index < -0.39 is 28.1 Å². The summed E-state index contributed by atoms with van der Waals surface area (Å²) < 4.78 is 0. The summed E-state index contributed by atoms with van der Waals surface area (Å²) in [4.78, 5) is 33.3. The van der Waals surface area contributed by atoms with Crippen molar-refractivity contribution < 1.29 is 19.6 Å². The number of non-ortho nitro benzene ring substituents is 1. The number of hydrogen-bond donors (Lipinski definition) is 1. The molecule has 0 aliphatic heterocycles. The summed E-state index contributed by atoms with van der Waals surface area (Å²) in [5.74, 6) is -2.33. The summed E-state index contributed by atoms with van der Waals surface area (Å²) in [5.41, 5.74) is 0.170. The quantitative estimate of drug-likeness (QED) is 0.679. The molecule has 0 saturated carbocycles. The van der Waals surface area contributed by atoms with E-state index >= 15 is 0 Å². The highest BCUT2D eigenvalue weighted by molar-refractivity contribution is 6.10. The van der Waals surface area contributed by atoms with Gasteiger partial charge in [0.25, 0.3) is 11.6 Å². The molecule has 0 aliphatic carbocycles. The number of para-hydroxylation sites is 1. The van der Waals surface area contributed by atoms with Gasteiger partial charge in [0.1, 0.15) is 0 Å². The number of nitro benzene ring substituents is 1. The second-order valence-electron chi connectivity index (χ2n) is 4.54. The molecule has 7 nitrogen and oxygen atoms in total. The van der Waals surface area contributed by atoms with Crippen LogP contribution in [-0.2, 0) is 0 Å². The molecule has 7 heteroatoms. The molecule has 2 aromatic carbocycles. The standard InChI is InChI=1S/C15H12N2O5/c1-9-4-2-3-5-13(9)16-14(18)11-7-6-10(17(21)22)8-12(11)15(19)20/h2-8H,1H3,(H,16,18)(H,19,20)/p-1. The minimum Gasteiger partial charge on any atom is -0.545 e. The number of carboxylic acids is 1. The van der Waals surface area contributed by atoms with Crippen LogP contribution in [0.4, 0.5) is 11.4 Å². The van der Waals surface area contributed by atoms with Crippen LogP contribution in [0.5, 0.6) is 0 Å². The molecule has 1 N–H and O–H groups in total. The lowest BCUT2D eigenvalue weighted by Gasteiger charge is -2.12. The third-order valence-electron chi connectivity index (χ3n) is 3.07. The van der Waals surface area contributed by atoms with Crippen molar-refractivity contribution in [2.75, 3.05) is 5.32 Å². The molecular formula is C15H11N2O5-. The van der Waals surface area contributed by atoms with Crippen LogP contribution in [0.3, 0.4) is 0 Å². The summed E-state index contributed by atoms with van der Waals surface area (Å²) >= 11 is 0. The first-order valence-corrected chi connectivity index (χ1v) is 6.27. The van der Waals surface area contributed by atoms with E-state index in [0.717, 1.165) is 23.8 Å². The van der Waals surface area contributed by atoms with Gasteiger partial charge in [-0.3, -0.25) is 14.9 Å². The number of rotatable bonds is 4. The van der Waals surface area contributed by atoms with Crippen molar-refractivity contribution in [3.05, 3.63) is 69.3 Å². The van der Waals surface area contributed by atoms with E-state index in [2.05, 4.69) is 5.32 Å². The molecule has 0 aromatic heterocycles. The van der Waals surface area contributed by atoms with Crippen molar-refractivity contribution in [3.8, 4) is 0 Å². The third-order valence-corrected chi connectivity index (χ3v) is 3.07. The fourth-order valence-corrected chi connectivity index (χ4v) is 1.92. The Labute approximate surface area is 125 Å². The molecule has 0 unspecified atom stereocenters. The molecule has 0 heterocycles. The fourth-order valence-electron chi connectivity index (χ4n) is 1.92. The van der Waals surface area contributed by atoms with Crippen molar-refractivity contribution in [1.82, 2.24) is 0 Å². The predicted octanol–water partition coefficient (Wildman–Crippen LogP) is 1.52. The van der Waals surface area contributed by atoms with Gasteiger partial charge in [0.15, 0.2) is 0 Å². The molecule has 0 spiro atoms. The highest BCUT2D eigenvalue weighted by Crippen LogP contribution is 2.20. The highest BCUT2D eigenvalue weighted by atomic mass is 16.6. The Kier molecular flexibility index (Phi) is 4.17. The average Bonchev–Trinajstić information content (AvgIpc) is 2.48. The summed E-state index contributed by atoms with van der Waals surface area (Å²) in [5, 5.41) is 24.4. The number of aromatic carboxylic acids is 1. The van der Waals surface area contributed by atoms with Gasteiger partial charge in [0, 0.05) is 28.9 Å². The zero-order valence-corrected chi connectivity index (χ0v) is 11.5. The minimum atomic E-state index is -1.65. The van der Waals surface area contributed by atoms with E-state index in [-0.39, 0.29) is 5.56 Å². The van der Waals surface area contributed by atoms with Gasteiger partial charge in [-0.05, 0) is 24.6 Å². The van der Waals surface area contributed by atoms with Crippen LogP contribution in [0.2, 0.25) is 0 Å². The van der Waals surface area contributed by atoms with Crippen LogP contribution in [0.15, 0.2) is 42.5 Å². The van der Waals surface area contributed by atoms with Crippen LogP contribution in [0.25, 0.3) is 0 Å². The maximum absolute atomic E-state index is 12.2. The van der Waals surface area contributed by atoms with Crippen molar-refractivity contribution in [1.29, 1.82) is 0 Å². The third kappa shape index (κ3) is 3.09. The Balaban J connectivity index is 2.39. The van der Waals surface area contributed by atoms with E-state index in [1.54, 1.807) is 31.2 Å². The van der Waals surface area contributed by atoms with Crippen LogP contribution in [0.1, 0.15) is 26.3 Å². The van der Waals surface area contributed by atoms with E-state index in [0.29, 0.717) is 5.69 Å². The smallest absolute Gasteiger partial charge is 0.270 e. The number of benzene rings is 2. The van der Waals surface area contributed by atoms with Crippen molar-refractivity contribution in [3.63, 3.8) is 0 Å². The molecule has 0 aliphatic rings. The number of anilines is 1. The maximum Gasteiger partial charge on any atom is 0.270 e. The van der Waals surface area contributed by atoms with Crippen molar-refractivity contribution in [2.45, 2.75) is 6.92 Å². The van der Waals surface area contributed by atoms with Gasteiger partial charge < -0.3 is 15.2 Å². The summed E-state index contributed by atoms with van der Waals surface area (Å²) in [7, 11) is 0. The lowest BCUT2D eigenvalue weighted by Crippen LogP contribution is -2.26. The molecule has 22 heavy (non-hydrogen) atoms. The summed E-state index contributed by atoms with van der Waals surface area (Å²) in [6, 6.07) is 9.93. The molecule has 1 amide bonds. The molecule has 0 bridgehead atoms. The number of nitrogens with zero attached hydrogens (tertiary/aromatic N) is 1. The highest BCUT2D eigenvalue weighted by Gasteiger charge is 2.17. The monoisotopic (exact) mass is 299 g/mol. The van der Waals surface area contributed by atoms with Gasteiger partial charge >= 0.3 is 0 Å². The summed E-state index contributed by atoms with van der Waals surface area (Å²) in [6.07, 6.45) is 0. The van der Waals surface area contributed by atoms with Gasteiger partial charge in [0.2, 0.25) is 0 Å². The average molecular weight is 299 g/mol. The summed E-state index contributed by atoms with van der Waals surface area (Å²) in [6.45, 7) is 1.78. The number of carbonyl (C=O) groups excluding carboxylic acids is 2. The zero-order chi connectivity index (χ0) is 16.3. The zero-order valence-electron chi connectivity index (χ0n) is 11.5. The van der Waals surface area contributed by atoms with Gasteiger partial charge in [-0.1, -0.05) is 18.2 Å². The topological polar surface area (TPSA) is 112 Å². The number of hydrogen-bond acceptors (Lipinski definition) is 5. The Morgan fingerprint density at radius 1 is 1.09 bits per heavy atom. The molecule has 2 rings (SSSR count). The first kappa shape index (κ1) is 15.2. The van der Waals surface area contributed by atoms with E-state index in [1.807, 2.05) is 0 Å². The number of nitro groups is 1. The second-order valence-corrected chi connectivity index (χ2v) is 4.54. The minimum absolute atomic E-state index is 0.200. The van der Waals surface area contributed by atoms with Gasteiger partial charge in [-0.2, -0.15) is 0 Å².